The van der Waals surface area contributed by atoms with Crippen molar-refractivity contribution in [1.82, 2.24) is 10.3 Å². The van der Waals surface area contributed by atoms with Crippen LogP contribution in [0, 0.1) is 0 Å². The van der Waals surface area contributed by atoms with E-state index in [-0.39, 0.29) is 0 Å². The predicted molar refractivity (Wildman–Crippen MR) is 67.0 cm³/mol. The van der Waals surface area contributed by atoms with Gasteiger partial charge in [-0.25, -0.2) is 4.98 Å². The van der Waals surface area contributed by atoms with E-state index in [1.165, 1.54) is 23.5 Å². The highest BCUT2D eigenvalue weighted by Gasteiger charge is 2.12. The first-order valence-corrected chi connectivity index (χ1v) is 7.01. The summed E-state index contributed by atoms with van der Waals surface area (Å²) >= 11 is 1.78. The Bertz CT molecular complexity index is 308. The average Bonchev–Trinajstić information content (AvgIpc) is 2.78. The summed E-state index contributed by atoms with van der Waals surface area (Å²) in [5.74, 6) is 0. The number of aromatic nitrogens is 1. The van der Waals surface area contributed by atoms with Gasteiger partial charge in [-0.3, -0.25) is 0 Å². The molecule has 1 aromatic heterocycles. The van der Waals surface area contributed by atoms with Crippen molar-refractivity contribution >= 4 is 11.3 Å². The van der Waals surface area contributed by atoms with Gasteiger partial charge in [-0.15, -0.1) is 11.3 Å². The van der Waals surface area contributed by atoms with Crippen molar-refractivity contribution in [2.75, 3.05) is 19.8 Å². The van der Waals surface area contributed by atoms with Crippen molar-refractivity contribution in [3.8, 4) is 0 Å². The van der Waals surface area contributed by atoms with Gasteiger partial charge in [-0.1, -0.05) is 6.92 Å². The van der Waals surface area contributed by atoms with Crippen molar-refractivity contribution in [1.29, 1.82) is 0 Å². The molecule has 2 heterocycles. The van der Waals surface area contributed by atoms with Crippen molar-refractivity contribution in [3.63, 3.8) is 0 Å². The zero-order chi connectivity index (χ0) is 11.2. The van der Waals surface area contributed by atoms with Crippen LogP contribution in [0.15, 0.2) is 5.38 Å². The van der Waals surface area contributed by atoms with Crippen molar-refractivity contribution in [2.45, 2.75) is 38.6 Å². The largest absolute Gasteiger partial charge is 0.380 e. The van der Waals surface area contributed by atoms with Crippen LogP contribution in [0.3, 0.4) is 0 Å². The molecule has 1 saturated heterocycles. The normalized spacial score (nSPS) is 21.2. The van der Waals surface area contributed by atoms with Crippen LogP contribution in [0.5, 0.6) is 0 Å². The number of thiazole rings is 1. The number of hydrogen-bond acceptors (Lipinski definition) is 4. The monoisotopic (exact) mass is 240 g/mol. The smallest absolute Gasteiger partial charge is 0.0940 e. The summed E-state index contributed by atoms with van der Waals surface area (Å²) in [6.45, 7) is 4.98. The molecule has 1 aliphatic heterocycles. The molecule has 1 aliphatic rings. The maximum absolute atomic E-state index is 5.43. The van der Waals surface area contributed by atoms with Gasteiger partial charge in [0.05, 0.1) is 17.3 Å². The predicted octanol–water partition coefficient (Wildman–Crippen LogP) is 2.02. The van der Waals surface area contributed by atoms with E-state index in [1.807, 2.05) is 0 Å². The minimum absolute atomic E-state index is 0.555. The van der Waals surface area contributed by atoms with E-state index >= 15 is 0 Å². The van der Waals surface area contributed by atoms with E-state index in [9.17, 15) is 0 Å². The van der Waals surface area contributed by atoms with Crippen LogP contribution in [0.4, 0.5) is 0 Å². The molecule has 0 saturated carbocycles. The van der Waals surface area contributed by atoms with Crippen LogP contribution in [0.1, 0.15) is 30.5 Å². The van der Waals surface area contributed by atoms with Gasteiger partial charge >= 0.3 is 0 Å². The highest BCUT2D eigenvalue weighted by Crippen LogP contribution is 2.11. The van der Waals surface area contributed by atoms with Crippen LogP contribution in [-0.2, 0) is 17.6 Å². The second kappa shape index (κ2) is 6.33. The lowest BCUT2D eigenvalue weighted by Gasteiger charge is -2.22. The van der Waals surface area contributed by atoms with Crippen molar-refractivity contribution in [3.05, 3.63) is 16.1 Å². The quantitative estimate of drug-likeness (QED) is 0.855. The molecule has 0 aliphatic carbocycles. The van der Waals surface area contributed by atoms with E-state index in [0.29, 0.717) is 6.04 Å². The third-order valence-corrected chi connectivity index (χ3v) is 3.85. The van der Waals surface area contributed by atoms with E-state index in [1.54, 1.807) is 11.3 Å². The van der Waals surface area contributed by atoms with Crippen LogP contribution in [0.2, 0.25) is 0 Å². The summed E-state index contributed by atoms with van der Waals surface area (Å²) in [5.41, 5.74) is 1.22. The first-order chi connectivity index (χ1) is 7.88. The molecular weight excluding hydrogens is 220 g/mol. The van der Waals surface area contributed by atoms with Gasteiger partial charge < -0.3 is 10.1 Å². The summed E-state index contributed by atoms with van der Waals surface area (Å²) in [5, 5.41) is 6.96. The number of ether oxygens (including phenoxy) is 1. The fraction of sp³-hybridized carbons (Fsp3) is 0.750. The molecular formula is C12H20N2OS. The maximum Gasteiger partial charge on any atom is 0.0940 e. The SMILES string of the molecule is CCc1csc(CCN[C@@H]2CCCOC2)n1. The summed E-state index contributed by atoms with van der Waals surface area (Å²) < 4.78 is 5.43. The molecule has 16 heavy (non-hydrogen) atoms. The number of nitrogens with zero attached hydrogens (tertiary/aromatic N) is 1. The molecule has 0 bridgehead atoms. The first kappa shape index (κ1) is 12.0. The van der Waals surface area contributed by atoms with Gasteiger partial charge in [-0.2, -0.15) is 0 Å². The molecule has 0 aromatic carbocycles. The lowest BCUT2D eigenvalue weighted by Crippen LogP contribution is -2.37. The molecule has 90 valence electrons. The third-order valence-electron chi connectivity index (χ3n) is 2.89. The van der Waals surface area contributed by atoms with E-state index < -0.39 is 0 Å². The minimum atomic E-state index is 0.555. The molecule has 1 atom stereocenters. The minimum Gasteiger partial charge on any atom is -0.380 e. The van der Waals surface area contributed by atoms with Crippen LogP contribution >= 0.6 is 11.3 Å². The average molecular weight is 240 g/mol. The zero-order valence-electron chi connectivity index (χ0n) is 9.87. The lowest BCUT2D eigenvalue weighted by atomic mass is 10.1. The molecule has 4 heteroatoms. The summed E-state index contributed by atoms with van der Waals surface area (Å²) in [6, 6.07) is 0.555. The highest BCUT2D eigenvalue weighted by molar-refractivity contribution is 7.09. The molecule has 1 N–H and O–H groups in total. The Hall–Kier alpha value is -0.450. The van der Waals surface area contributed by atoms with E-state index in [2.05, 4.69) is 22.6 Å². The third kappa shape index (κ3) is 3.54. The van der Waals surface area contributed by atoms with Crippen LogP contribution < -0.4 is 5.32 Å². The number of aryl methyl sites for hydroxylation is 1. The van der Waals surface area contributed by atoms with E-state index in [4.69, 9.17) is 4.74 Å². The fourth-order valence-electron chi connectivity index (χ4n) is 1.91. The van der Waals surface area contributed by atoms with Gasteiger partial charge in [0.15, 0.2) is 0 Å². The van der Waals surface area contributed by atoms with Crippen LogP contribution in [0.25, 0.3) is 0 Å². The molecule has 1 aromatic rings. The lowest BCUT2D eigenvalue weighted by molar-refractivity contribution is 0.0707. The van der Waals surface area contributed by atoms with Gasteiger partial charge in [0.1, 0.15) is 0 Å². The van der Waals surface area contributed by atoms with Crippen molar-refractivity contribution < 1.29 is 4.74 Å². The Balaban J connectivity index is 1.66. The Morgan fingerprint density at radius 2 is 2.56 bits per heavy atom. The molecule has 0 unspecified atom stereocenters. The Morgan fingerprint density at radius 3 is 3.25 bits per heavy atom. The molecule has 2 rings (SSSR count). The van der Waals surface area contributed by atoms with Gasteiger partial charge in [0.25, 0.3) is 0 Å². The fourth-order valence-corrected chi connectivity index (χ4v) is 2.79. The number of hydrogen-bond donors (Lipinski definition) is 1. The molecule has 0 amide bonds. The highest BCUT2D eigenvalue weighted by atomic mass is 32.1. The Labute approximate surface area is 101 Å². The van der Waals surface area contributed by atoms with Crippen LogP contribution in [-0.4, -0.2) is 30.8 Å². The Kier molecular flexibility index (Phi) is 4.75. The molecule has 1 fully saturated rings. The number of nitrogens with one attached hydrogen (secondary N) is 1. The summed E-state index contributed by atoms with van der Waals surface area (Å²) in [6.07, 6.45) is 4.52. The maximum atomic E-state index is 5.43. The standard InChI is InChI=1S/C12H20N2OS/c1-2-10-9-16-12(14-10)5-6-13-11-4-3-7-15-8-11/h9,11,13H,2-8H2,1H3/t11-/m1/s1. The summed E-state index contributed by atoms with van der Waals surface area (Å²) in [7, 11) is 0. The van der Waals surface area contributed by atoms with Crippen molar-refractivity contribution in [2.24, 2.45) is 0 Å². The second-order valence-electron chi connectivity index (χ2n) is 4.20. The van der Waals surface area contributed by atoms with E-state index in [0.717, 1.165) is 32.6 Å². The zero-order valence-corrected chi connectivity index (χ0v) is 10.7. The van der Waals surface area contributed by atoms with Gasteiger partial charge in [0.2, 0.25) is 0 Å². The Morgan fingerprint density at radius 1 is 1.62 bits per heavy atom. The molecule has 0 spiro atoms. The molecule has 3 nitrogen and oxygen atoms in total. The van der Waals surface area contributed by atoms with Gasteiger partial charge in [-0.05, 0) is 19.3 Å². The second-order valence-corrected chi connectivity index (χ2v) is 5.15. The topological polar surface area (TPSA) is 34.1 Å². The number of rotatable bonds is 5. The summed E-state index contributed by atoms with van der Waals surface area (Å²) in [4.78, 5) is 4.56. The molecule has 0 radical (unpaired) electrons. The first-order valence-electron chi connectivity index (χ1n) is 6.13. The van der Waals surface area contributed by atoms with Gasteiger partial charge in [0, 0.05) is 31.0 Å².